The van der Waals surface area contributed by atoms with E-state index >= 15 is 0 Å². The van der Waals surface area contributed by atoms with Crippen molar-refractivity contribution in [3.05, 3.63) is 0 Å². The van der Waals surface area contributed by atoms with Crippen molar-refractivity contribution in [3.63, 3.8) is 0 Å². The standard InChI is InChI=1S/C7H14N4O/c1-3-12-4-2-11(1)5-7-8-6-9-10-7/h9H,1-6H2,(H,8,10). The van der Waals surface area contributed by atoms with Crippen LogP contribution in [0.2, 0.25) is 0 Å². The van der Waals surface area contributed by atoms with Gasteiger partial charge in [-0.1, -0.05) is 0 Å². The minimum Gasteiger partial charge on any atom is -0.379 e. The Kier molecular flexibility index (Phi) is 2.55. The van der Waals surface area contributed by atoms with Crippen LogP contribution < -0.4 is 10.9 Å². The van der Waals surface area contributed by atoms with Gasteiger partial charge in [0.25, 0.3) is 0 Å². The van der Waals surface area contributed by atoms with Gasteiger partial charge in [-0.25, -0.2) is 5.43 Å². The van der Waals surface area contributed by atoms with Crippen molar-refractivity contribution < 1.29 is 4.74 Å². The van der Waals surface area contributed by atoms with E-state index in [1.165, 1.54) is 0 Å². The van der Waals surface area contributed by atoms with Crippen molar-refractivity contribution in [2.24, 2.45) is 4.99 Å². The van der Waals surface area contributed by atoms with Crippen LogP contribution >= 0.6 is 0 Å². The molecule has 0 amide bonds. The van der Waals surface area contributed by atoms with Crippen molar-refractivity contribution in [3.8, 4) is 0 Å². The van der Waals surface area contributed by atoms with Gasteiger partial charge in [0.1, 0.15) is 12.5 Å². The highest BCUT2D eigenvalue weighted by Crippen LogP contribution is 1.96. The summed E-state index contributed by atoms with van der Waals surface area (Å²) in [5, 5.41) is 0. The van der Waals surface area contributed by atoms with Gasteiger partial charge in [-0.05, 0) is 0 Å². The Morgan fingerprint density at radius 1 is 1.42 bits per heavy atom. The minimum absolute atomic E-state index is 0.694. The Morgan fingerprint density at radius 3 is 2.92 bits per heavy atom. The normalized spacial score (nSPS) is 25.2. The largest absolute Gasteiger partial charge is 0.379 e. The van der Waals surface area contributed by atoms with Crippen molar-refractivity contribution in [1.29, 1.82) is 0 Å². The molecule has 68 valence electrons. The van der Waals surface area contributed by atoms with Crippen LogP contribution in [0, 0.1) is 0 Å². The highest BCUT2D eigenvalue weighted by atomic mass is 16.5. The molecule has 0 aromatic rings. The zero-order chi connectivity index (χ0) is 8.23. The van der Waals surface area contributed by atoms with Crippen molar-refractivity contribution >= 4 is 5.84 Å². The highest BCUT2D eigenvalue weighted by Gasteiger charge is 2.13. The number of hydrogen-bond donors (Lipinski definition) is 2. The van der Waals surface area contributed by atoms with Crippen molar-refractivity contribution in [2.75, 3.05) is 39.5 Å². The molecule has 2 aliphatic rings. The quantitative estimate of drug-likeness (QED) is 0.545. The minimum atomic E-state index is 0.694. The molecule has 0 unspecified atom stereocenters. The third kappa shape index (κ3) is 1.94. The molecule has 0 saturated carbocycles. The molecule has 0 bridgehead atoms. The molecule has 0 spiro atoms. The first-order valence-corrected chi connectivity index (χ1v) is 4.27. The second-order valence-electron chi connectivity index (χ2n) is 2.95. The number of nitrogens with one attached hydrogen (secondary N) is 2. The summed E-state index contributed by atoms with van der Waals surface area (Å²) in [5.41, 5.74) is 5.97. The second-order valence-corrected chi connectivity index (χ2v) is 2.95. The second kappa shape index (κ2) is 3.84. The molecule has 2 rings (SSSR count). The number of morpholine rings is 1. The fourth-order valence-electron chi connectivity index (χ4n) is 1.38. The molecule has 2 N–H and O–H groups in total. The molecule has 0 aromatic heterocycles. The lowest BCUT2D eigenvalue weighted by molar-refractivity contribution is 0.0450. The Hall–Kier alpha value is -0.650. The first-order valence-electron chi connectivity index (χ1n) is 4.27. The number of amidine groups is 1. The lowest BCUT2D eigenvalue weighted by atomic mass is 10.4. The van der Waals surface area contributed by atoms with E-state index in [1.807, 2.05) is 0 Å². The highest BCUT2D eigenvalue weighted by molar-refractivity contribution is 5.84. The first kappa shape index (κ1) is 7.97. The van der Waals surface area contributed by atoms with E-state index in [0.717, 1.165) is 38.7 Å². The number of rotatable bonds is 2. The molecular weight excluding hydrogens is 156 g/mol. The molecule has 2 heterocycles. The first-order chi connectivity index (χ1) is 5.95. The van der Waals surface area contributed by atoms with E-state index in [0.29, 0.717) is 6.67 Å². The maximum atomic E-state index is 5.25. The number of nitrogens with zero attached hydrogens (tertiary/aromatic N) is 2. The fraction of sp³-hybridized carbons (Fsp3) is 0.857. The molecular formula is C7H14N4O. The average molecular weight is 170 g/mol. The van der Waals surface area contributed by atoms with Crippen LogP contribution in [-0.2, 0) is 4.74 Å². The Bertz CT molecular complexity index is 176. The summed E-state index contributed by atoms with van der Waals surface area (Å²) < 4.78 is 5.25. The predicted molar refractivity (Wildman–Crippen MR) is 45.8 cm³/mol. The summed E-state index contributed by atoms with van der Waals surface area (Å²) in [4.78, 5) is 6.58. The predicted octanol–water partition coefficient (Wildman–Crippen LogP) is -1.22. The molecule has 0 aromatic carbocycles. The van der Waals surface area contributed by atoms with E-state index in [-0.39, 0.29) is 0 Å². The van der Waals surface area contributed by atoms with Gasteiger partial charge in [-0.3, -0.25) is 9.89 Å². The zero-order valence-corrected chi connectivity index (χ0v) is 7.05. The SMILES string of the molecule is C1N=C(CN2CCOCC2)NN1. The Labute approximate surface area is 71.8 Å². The summed E-state index contributed by atoms with van der Waals surface area (Å²) in [6.07, 6.45) is 0. The topological polar surface area (TPSA) is 48.9 Å². The monoisotopic (exact) mass is 170 g/mol. The molecule has 0 aliphatic carbocycles. The third-order valence-electron chi connectivity index (χ3n) is 2.06. The summed E-state index contributed by atoms with van der Waals surface area (Å²) >= 11 is 0. The summed E-state index contributed by atoms with van der Waals surface area (Å²) in [6.45, 7) is 5.33. The van der Waals surface area contributed by atoms with E-state index in [2.05, 4.69) is 20.7 Å². The zero-order valence-electron chi connectivity index (χ0n) is 7.05. The van der Waals surface area contributed by atoms with Crippen molar-refractivity contribution in [1.82, 2.24) is 15.8 Å². The Balaban J connectivity index is 1.77. The lowest BCUT2D eigenvalue weighted by Crippen LogP contribution is -2.43. The average Bonchev–Trinajstić information content (AvgIpc) is 2.59. The molecule has 1 saturated heterocycles. The smallest absolute Gasteiger partial charge is 0.126 e. The van der Waals surface area contributed by atoms with Gasteiger partial charge >= 0.3 is 0 Å². The van der Waals surface area contributed by atoms with Gasteiger partial charge in [0, 0.05) is 13.1 Å². The molecule has 2 aliphatic heterocycles. The van der Waals surface area contributed by atoms with Crippen LogP contribution in [0.25, 0.3) is 0 Å². The van der Waals surface area contributed by atoms with E-state index < -0.39 is 0 Å². The fourth-order valence-corrected chi connectivity index (χ4v) is 1.38. The van der Waals surface area contributed by atoms with Crippen LogP contribution in [0.3, 0.4) is 0 Å². The Morgan fingerprint density at radius 2 is 2.25 bits per heavy atom. The summed E-state index contributed by atoms with van der Waals surface area (Å²) in [5.74, 6) is 1.04. The number of hydrogen-bond acceptors (Lipinski definition) is 5. The van der Waals surface area contributed by atoms with Gasteiger partial charge in [0.2, 0.25) is 0 Å². The number of ether oxygens (including phenoxy) is 1. The molecule has 0 radical (unpaired) electrons. The van der Waals surface area contributed by atoms with Crippen LogP contribution in [-0.4, -0.2) is 50.3 Å². The molecule has 0 atom stereocenters. The van der Waals surface area contributed by atoms with Gasteiger partial charge in [-0.2, -0.15) is 0 Å². The van der Waals surface area contributed by atoms with Crippen molar-refractivity contribution in [2.45, 2.75) is 0 Å². The molecule has 5 heteroatoms. The van der Waals surface area contributed by atoms with Crippen LogP contribution in [0.1, 0.15) is 0 Å². The third-order valence-corrected chi connectivity index (χ3v) is 2.06. The summed E-state index contributed by atoms with van der Waals surface area (Å²) in [6, 6.07) is 0. The summed E-state index contributed by atoms with van der Waals surface area (Å²) in [7, 11) is 0. The van der Waals surface area contributed by atoms with Gasteiger partial charge < -0.3 is 10.2 Å². The van der Waals surface area contributed by atoms with E-state index in [9.17, 15) is 0 Å². The van der Waals surface area contributed by atoms with Gasteiger partial charge in [0.15, 0.2) is 0 Å². The maximum absolute atomic E-state index is 5.25. The van der Waals surface area contributed by atoms with Crippen LogP contribution in [0.4, 0.5) is 0 Å². The van der Waals surface area contributed by atoms with E-state index in [4.69, 9.17) is 4.74 Å². The van der Waals surface area contributed by atoms with Gasteiger partial charge in [0.05, 0.1) is 19.8 Å². The van der Waals surface area contributed by atoms with E-state index in [1.54, 1.807) is 0 Å². The van der Waals surface area contributed by atoms with Crippen LogP contribution in [0.5, 0.6) is 0 Å². The van der Waals surface area contributed by atoms with Crippen LogP contribution in [0.15, 0.2) is 4.99 Å². The van der Waals surface area contributed by atoms with Gasteiger partial charge in [-0.15, -0.1) is 0 Å². The molecule has 12 heavy (non-hydrogen) atoms. The lowest BCUT2D eigenvalue weighted by Gasteiger charge is -2.26. The molecule has 5 nitrogen and oxygen atoms in total. The number of aliphatic imine (C=N–C) groups is 1. The molecule has 1 fully saturated rings. The maximum Gasteiger partial charge on any atom is 0.126 e. The number of hydrazine groups is 1.